The minimum absolute atomic E-state index is 0.0451. The van der Waals surface area contributed by atoms with Gasteiger partial charge in [0.15, 0.2) is 0 Å². The van der Waals surface area contributed by atoms with E-state index in [1.54, 1.807) is 17.6 Å². The topological polar surface area (TPSA) is 21.3 Å². The van der Waals surface area contributed by atoms with E-state index in [1.165, 1.54) is 0 Å². The molecule has 0 spiro atoms. The van der Waals surface area contributed by atoms with Gasteiger partial charge in [-0.05, 0) is 29.2 Å². The van der Waals surface area contributed by atoms with Crippen LogP contribution in [0.2, 0.25) is 0 Å². The molecule has 0 amide bonds. The van der Waals surface area contributed by atoms with Crippen molar-refractivity contribution in [2.24, 2.45) is 0 Å². The van der Waals surface area contributed by atoms with Crippen molar-refractivity contribution in [2.45, 2.75) is 13.3 Å². The number of halogens is 3. The average Bonchev–Trinajstić information content (AvgIpc) is 2.45. The molecule has 0 saturated carbocycles. The normalized spacial score (nSPS) is 11.2. The second kappa shape index (κ2) is 6.01. The molecule has 2 aromatic rings. The molecular weight excluding hydrogens is 279 g/mol. The fourth-order valence-electron chi connectivity index (χ4n) is 1.93. The highest BCUT2D eigenvalue weighted by atomic mass is 19.4. The summed E-state index contributed by atoms with van der Waals surface area (Å²) in [5.41, 5.74) is 5.55. The lowest BCUT2D eigenvalue weighted by Crippen LogP contribution is -2.24. The lowest BCUT2D eigenvalue weighted by Gasteiger charge is -2.12. The summed E-state index contributed by atoms with van der Waals surface area (Å²) < 4.78 is 35.8. The van der Waals surface area contributed by atoms with Gasteiger partial charge in [0.2, 0.25) is 0 Å². The molecule has 2 rings (SSSR count). The van der Waals surface area contributed by atoms with Gasteiger partial charge < -0.3 is 0 Å². The van der Waals surface area contributed by atoms with Gasteiger partial charge >= 0.3 is 6.36 Å². The zero-order valence-corrected chi connectivity index (χ0v) is 11.4. The van der Waals surface area contributed by atoms with E-state index in [4.69, 9.17) is 0 Å². The Morgan fingerprint density at radius 2 is 1.67 bits per heavy atom. The number of benzene rings is 2. The van der Waals surface area contributed by atoms with Gasteiger partial charge in [-0.2, -0.15) is 4.84 Å². The van der Waals surface area contributed by atoms with E-state index < -0.39 is 6.36 Å². The van der Waals surface area contributed by atoms with Crippen molar-refractivity contribution in [3.63, 3.8) is 0 Å². The van der Waals surface area contributed by atoms with Gasteiger partial charge in [0.05, 0.1) is 5.70 Å². The van der Waals surface area contributed by atoms with Crippen LogP contribution in [0.15, 0.2) is 55.1 Å². The molecule has 0 aliphatic carbocycles. The fraction of sp³-hybridized carbons (Fsp3) is 0.125. The molecule has 0 fully saturated rings. The standard InChI is InChI=1S/C16H14F3NO/c1-11-5-3-4-6-15(11)14-9-7-13(8-10-14)12(2)20-21-16(17,18)19/h3-10,20H,2H2,1H3. The molecule has 5 heteroatoms. The molecular formula is C16H14F3NO. The predicted molar refractivity (Wildman–Crippen MR) is 75.9 cm³/mol. The molecule has 21 heavy (non-hydrogen) atoms. The van der Waals surface area contributed by atoms with Gasteiger partial charge in [0, 0.05) is 0 Å². The molecule has 0 saturated heterocycles. The van der Waals surface area contributed by atoms with Gasteiger partial charge in [-0.25, -0.2) is 0 Å². The quantitative estimate of drug-likeness (QED) is 0.827. The summed E-state index contributed by atoms with van der Waals surface area (Å²) in [5.74, 6) is 0. The molecule has 0 heterocycles. The van der Waals surface area contributed by atoms with Crippen LogP contribution in [-0.4, -0.2) is 6.36 Å². The van der Waals surface area contributed by atoms with Gasteiger partial charge in [-0.15, -0.1) is 13.2 Å². The monoisotopic (exact) mass is 293 g/mol. The zero-order valence-electron chi connectivity index (χ0n) is 11.4. The molecule has 0 aliphatic rings. The number of hydrogen-bond donors (Lipinski definition) is 1. The summed E-state index contributed by atoms with van der Waals surface area (Å²) >= 11 is 0. The average molecular weight is 293 g/mol. The largest absolute Gasteiger partial charge is 0.543 e. The molecule has 0 aromatic heterocycles. The first-order valence-electron chi connectivity index (χ1n) is 6.23. The van der Waals surface area contributed by atoms with Crippen LogP contribution in [0, 0.1) is 6.92 Å². The molecule has 0 aliphatic heterocycles. The zero-order chi connectivity index (χ0) is 15.5. The first-order chi connectivity index (χ1) is 9.87. The van der Waals surface area contributed by atoms with Gasteiger partial charge in [0.1, 0.15) is 0 Å². The first kappa shape index (κ1) is 15.1. The predicted octanol–water partition coefficient (Wildman–Crippen LogP) is 4.67. The van der Waals surface area contributed by atoms with E-state index in [0.717, 1.165) is 16.7 Å². The van der Waals surface area contributed by atoms with E-state index in [2.05, 4.69) is 11.4 Å². The second-order valence-electron chi connectivity index (χ2n) is 4.52. The van der Waals surface area contributed by atoms with Crippen LogP contribution in [-0.2, 0) is 4.84 Å². The van der Waals surface area contributed by atoms with E-state index in [9.17, 15) is 13.2 Å². The van der Waals surface area contributed by atoms with Gasteiger partial charge in [0.25, 0.3) is 0 Å². The molecule has 0 radical (unpaired) electrons. The van der Waals surface area contributed by atoms with Crippen LogP contribution in [0.4, 0.5) is 13.2 Å². The SMILES string of the molecule is C=C(NOC(F)(F)F)c1ccc(-c2ccccc2C)cc1. The summed E-state index contributed by atoms with van der Waals surface area (Å²) in [7, 11) is 0. The lowest BCUT2D eigenvalue weighted by molar-refractivity contribution is -0.342. The number of alkyl halides is 3. The van der Waals surface area contributed by atoms with Crippen molar-refractivity contribution in [3.05, 3.63) is 66.2 Å². The Hall–Kier alpha value is -2.27. The van der Waals surface area contributed by atoms with Gasteiger partial charge in [-0.1, -0.05) is 55.1 Å². The number of rotatable bonds is 4. The highest BCUT2D eigenvalue weighted by molar-refractivity contribution is 5.70. The highest BCUT2D eigenvalue weighted by Crippen LogP contribution is 2.24. The summed E-state index contributed by atoms with van der Waals surface area (Å²) in [6.45, 7) is 5.51. The smallest absolute Gasteiger partial charge is 0.258 e. The molecule has 0 unspecified atom stereocenters. The fourth-order valence-corrected chi connectivity index (χ4v) is 1.93. The highest BCUT2D eigenvalue weighted by Gasteiger charge is 2.30. The minimum atomic E-state index is -4.75. The number of nitrogens with one attached hydrogen (secondary N) is 1. The van der Waals surface area contributed by atoms with Crippen molar-refractivity contribution in [1.29, 1.82) is 0 Å². The summed E-state index contributed by atoms with van der Waals surface area (Å²) in [6.07, 6.45) is -4.75. The van der Waals surface area contributed by atoms with Crippen molar-refractivity contribution in [1.82, 2.24) is 5.48 Å². The maximum absolute atomic E-state index is 11.9. The molecule has 0 atom stereocenters. The Kier molecular flexibility index (Phi) is 4.33. The number of hydrogen-bond acceptors (Lipinski definition) is 2. The summed E-state index contributed by atoms with van der Waals surface area (Å²) in [6, 6.07) is 14.9. The summed E-state index contributed by atoms with van der Waals surface area (Å²) in [4.78, 5) is 3.53. The third-order valence-electron chi connectivity index (χ3n) is 2.98. The van der Waals surface area contributed by atoms with Crippen LogP contribution in [0.3, 0.4) is 0 Å². The Bertz CT molecular complexity index is 633. The summed E-state index contributed by atoms with van der Waals surface area (Å²) in [5, 5.41) is 0. The van der Waals surface area contributed by atoms with E-state index in [-0.39, 0.29) is 5.70 Å². The first-order valence-corrected chi connectivity index (χ1v) is 6.23. The lowest BCUT2D eigenvalue weighted by atomic mass is 9.99. The van der Waals surface area contributed by atoms with Crippen molar-refractivity contribution < 1.29 is 18.0 Å². The molecule has 0 bridgehead atoms. The van der Waals surface area contributed by atoms with Crippen molar-refractivity contribution >= 4 is 5.70 Å². The van der Waals surface area contributed by atoms with Gasteiger partial charge in [-0.3, -0.25) is 5.48 Å². The minimum Gasteiger partial charge on any atom is -0.258 e. The third kappa shape index (κ3) is 4.10. The Morgan fingerprint density at radius 1 is 1.05 bits per heavy atom. The van der Waals surface area contributed by atoms with Crippen molar-refractivity contribution in [3.8, 4) is 11.1 Å². The van der Waals surface area contributed by atoms with Crippen LogP contribution in [0.1, 0.15) is 11.1 Å². The Balaban J connectivity index is 2.12. The number of aryl methyl sites for hydroxylation is 1. The van der Waals surface area contributed by atoms with Crippen molar-refractivity contribution in [2.75, 3.05) is 0 Å². The van der Waals surface area contributed by atoms with Crippen LogP contribution in [0.5, 0.6) is 0 Å². The molecule has 110 valence electrons. The Morgan fingerprint density at radius 3 is 2.24 bits per heavy atom. The van der Waals surface area contributed by atoms with E-state index in [0.29, 0.717) is 5.56 Å². The number of hydroxylamine groups is 1. The maximum atomic E-state index is 11.9. The van der Waals surface area contributed by atoms with Crippen LogP contribution < -0.4 is 5.48 Å². The molecule has 2 aromatic carbocycles. The maximum Gasteiger partial charge on any atom is 0.543 e. The Labute approximate surface area is 120 Å². The van der Waals surface area contributed by atoms with Crippen LogP contribution >= 0.6 is 0 Å². The molecule has 1 N–H and O–H groups in total. The second-order valence-corrected chi connectivity index (χ2v) is 4.52. The van der Waals surface area contributed by atoms with E-state index >= 15 is 0 Å². The third-order valence-corrected chi connectivity index (χ3v) is 2.98. The molecule has 2 nitrogen and oxygen atoms in total. The van der Waals surface area contributed by atoms with E-state index in [1.807, 2.05) is 43.3 Å². The van der Waals surface area contributed by atoms with Crippen LogP contribution in [0.25, 0.3) is 16.8 Å².